The van der Waals surface area contributed by atoms with Crippen LogP contribution in [0.1, 0.15) is 43.8 Å². The summed E-state index contributed by atoms with van der Waals surface area (Å²) in [6.45, 7) is 6.85. The van der Waals surface area contributed by atoms with Crippen LogP contribution < -0.4 is 19.6 Å². The molecule has 2 aromatic heterocycles. The molecule has 0 bridgehead atoms. The molecule has 0 unspecified atom stereocenters. The number of rotatable bonds is 2. The molecule has 0 saturated carbocycles. The molecule has 0 aliphatic carbocycles. The monoisotopic (exact) mass is 419 g/mol. The molecule has 0 spiro atoms. The standard InChI is InChI=1S/C23H21N3O3S/c1-23(2,3)15-10-8-14(9-11-15)12-19-21(27)26-22(30-19)24-20(25-26)18-13-28-16-6-4-5-7-17(16)29-18/h4-12,18H,13H2,1-3H3/b19-12-/t18-/m1/s1. The average molecular weight is 420 g/mol. The number of thiazole rings is 1. The summed E-state index contributed by atoms with van der Waals surface area (Å²) in [6.07, 6.45) is 1.44. The maximum atomic E-state index is 12.8. The van der Waals surface area contributed by atoms with E-state index in [-0.39, 0.29) is 11.0 Å². The molecule has 1 aliphatic rings. The van der Waals surface area contributed by atoms with E-state index in [0.717, 1.165) is 5.56 Å². The second-order valence-corrected chi connectivity index (χ2v) is 9.33. The Hall–Kier alpha value is -3.19. The van der Waals surface area contributed by atoms with Crippen molar-refractivity contribution in [2.75, 3.05) is 6.61 Å². The van der Waals surface area contributed by atoms with Crippen LogP contribution in [0.3, 0.4) is 0 Å². The van der Waals surface area contributed by atoms with Crippen LogP contribution in [-0.4, -0.2) is 21.2 Å². The Labute approximate surface area is 177 Å². The minimum absolute atomic E-state index is 0.0948. The van der Waals surface area contributed by atoms with Gasteiger partial charge >= 0.3 is 0 Å². The third-order valence-electron chi connectivity index (χ3n) is 5.07. The first kappa shape index (κ1) is 18.8. The number of ether oxygens (including phenoxy) is 2. The summed E-state index contributed by atoms with van der Waals surface area (Å²) in [5, 5.41) is 4.40. The Balaban J connectivity index is 1.45. The molecule has 7 heteroatoms. The predicted octanol–water partition coefficient (Wildman–Crippen LogP) is 3.51. The van der Waals surface area contributed by atoms with E-state index < -0.39 is 6.10 Å². The van der Waals surface area contributed by atoms with Crippen LogP contribution in [-0.2, 0) is 5.41 Å². The molecule has 0 N–H and O–H groups in total. The molecular weight excluding hydrogens is 398 g/mol. The van der Waals surface area contributed by atoms with E-state index in [1.807, 2.05) is 42.5 Å². The van der Waals surface area contributed by atoms with Crippen molar-refractivity contribution in [1.29, 1.82) is 0 Å². The van der Waals surface area contributed by atoms with Crippen molar-refractivity contribution < 1.29 is 9.47 Å². The van der Waals surface area contributed by atoms with Gasteiger partial charge in [-0.25, -0.2) is 0 Å². The van der Waals surface area contributed by atoms with E-state index in [2.05, 4.69) is 43.0 Å². The molecule has 5 rings (SSSR count). The summed E-state index contributed by atoms with van der Waals surface area (Å²) in [6, 6.07) is 15.8. The Morgan fingerprint density at radius 1 is 1.10 bits per heavy atom. The highest BCUT2D eigenvalue weighted by atomic mass is 32.1. The van der Waals surface area contributed by atoms with Crippen LogP contribution in [0.4, 0.5) is 0 Å². The van der Waals surface area contributed by atoms with Crippen molar-refractivity contribution in [2.45, 2.75) is 32.3 Å². The fraction of sp³-hybridized carbons (Fsp3) is 0.261. The van der Waals surface area contributed by atoms with Crippen LogP contribution in [0, 0.1) is 0 Å². The highest BCUT2D eigenvalue weighted by Gasteiger charge is 2.27. The fourth-order valence-corrected chi connectivity index (χ4v) is 4.28. The number of hydrogen-bond acceptors (Lipinski definition) is 6. The number of nitrogens with zero attached hydrogens (tertiary/aromatic N) is 3. The molecule has 0 radical (unpaired) electrons. The minimum Gasteiger partial charge on any atom is -0.485 e. The number of benzene rings is 2. The number of aromatic nitrogens is 3. The zero-order chi connectivity index (χ0) is 20.9. The van der Waals surface area contributed by atoms with Crippen molar-refractivity contribution >= 4 is 22.4 Å². The van der Waals surface area contributed by atoms with Crippen LogP contribution >= 0.6 is 11.3 Å². The van der Waals surface area contributed by atoms with Gasteiger partial charge in [-0.2, -0.15) is 9.50 Å². The molecule has 30 heavy (non-hydrogen) atoms. The van der Waals surface area contributed by atoms with Gasteiger partial charge in [-0.1, -0.05) is 68.5 Å². The van der Waals surface area contributed by atoms with Gasteiger partial charge in [0.25, 0.3) is 5.56 Å². The van der Waals surface area contributed by atoms with Gasteiger partial charge < -0.3 is 9.47 Å². The molecule has 0 amide bonds. The molecule has 3 heterocycles. The van der Waals surface area contributed by atoms with Crippen LogP contribution in [0.2, 0.25) is 0 Å². The minimum atomic E-state index is -0.441. The Morgan fingerprint density at radius 2 is 1.83 bits per heavy atom. The molecule has 1 aliphatic heterocycles. The van der Waals surface area contributed by atoms with Gasteiger partial charge in [-0.15, -0.1) is 5.10 Å². The molecule has 0 fully saturated rings. The van der Waals surface area contributed by atoms with E-state index in [1.165, 1.54) is 21.4 Å². The van der Waals surface area contributed by atoms with Gasteiger partial charge in [0, 0.05) is 0 Å². The van der Waals surface area contributed by atoms with Gasteiger partial charge in [0.2, 0.25) is 4.96 Å². The fourth-order valence-electron chi connectivity index (χ4n) is 3.36. The van der Waals surface area contributed by atoms with Gasteiger partial charge in [-0.3, -0.25) is 4.79 Å². The highest BCUT2D eigenvalue weighted by molar-refractivity contribution is 7.15. The lowest BCUT2D eigenvalue weighted by Crippen LogP contribution is -2.26. The second-order valence-electron chi connectivity index (χ2n) is 8.32. The highest BCUT2D eigenvalue weighted by Crippen LogP contribution is 2.35. The molecule has 1 atom stereocenters. The molecule has 2 aromatic carbocycles. The first-order valence-electron chi connectivity index (χ1n) is 9.79. The Kier molecular flexibility index (Phi) is 4.36. The molecule has 152 valence electrons. The lowest BCUT2D eigenvalue weighted by Gasteiger charge is -2.24. The summed E-state index contributed by atoms with van der Waals surface area (Å²) >= 11 is 1.32. The SMILES string of the molecule is CC(C)(C)c1ccc(/C=c2\sc3nc([C@H]4COc5ccccc5O4)nn3c2=O)cc1. The summed E-state index contributed by atoms with van der Waals surface area (Å²) in [4.78, 5) is 17.9. The van der Waals surface area contributed by atoms with Crippen molar-refractivity contribution in [1.82, 2.24) is 14.6 Å². The molecular formula is C23H21N3O3S. The number of para-hydroxylation sites is 2. The van der Waals surface area contributed by atoms with Gasteiger partial charge in [0.15, 0.2) is 23.4 Å². The van der Waals surface area contributed by atoms with Crippen molar-refractivity contribution in [3.05, 3.63) is 80.4 Å². The smallest absolute Gasteiger partial charge is 0.291 e. The third kappa shape index (κ3) is 3.35. The van der Waals surface area contributed by atoms with Crippen LogP contribution in [0.25, 0.3) is 11.0 Å². The summed E-state index contributed by atoms with van der Waals surface area (Å²) in [7, 11) is 0. The van der Waals surface area contributed by atoms with E-state index in [9.17, 15) is 4.79 Å². The van der Waals surface area contributed by atoms with E-state index in [4.69, 9.17) is 9.47 Å². The van der Waals surface area contributed by atoms with Crippen molar-refractivity contribution in [3.63, 3.8) is 0 Å². The average Bonchev–Trinajstić information content (AvgIpc) is 3.27. The lowest BCUT2D eigenvalue weighted by atomic mass is 9.87. The van der Waals surface area contributed by atoms with Crippen LogP contribution in [0.5, 0.6) is 11.5 Å². The molecule has 6 nitrogen and oxygen atoms in total. The molecule has 0 saturated heterocycles. The van der Waals surface area contributed by atoms with Gasteiger partial charge in [-0.05, 0) is 34.8 Å². The van der Waals surface area contributed by atoms with E-state index >= 15 is 0 Å². The summed E-state index contributed by atoms with van der Waals surface area (Å²) in [5.41, 5.74) is 2.15. The number of fused-ring (bicyclic) bond motifs is 2. The predicted molar refractivity (Wildman–Crippen MR) is 116 cm³/mol. The van der Waals surface area contributed by atoms with Crippen molar-refractivity contribution in [2.24, 2.45) is 0 Å². The quantitative estimate of drug-likeness (QED) is 0.498. The van der Waals surface area contributed by atoms with Gasteiger partial charge in [0.1, 0.15) is 6.61 Å². The van der Waals surface area contributed by atoms with Gasteiger partial charge in [0.05, 0.1) is 4.53 Å². The maximum absolute atomic E-state index is 12.8. The maximum Gasteiger partial charge on any atom is 0.291 e. The zero-order valence-corrected chi connectivity index (χ0v) is 17.8. The largest absolute Gasteiger partial charge is 0.485 e. The van der Waals surface area contributed by atoms with Crippen LogP contribution in [0.15, 0.2) is 53.3 Å². The number of hydrogen-bond donors (Lipinski definition) is 0. The topological polar surface area (TPSA) is 65.7 Å². The normalized spacial score (nSPS) is 16.9. The van der Waals surface area contributed by atoms with Crippen molar-refractivity contribution in [3.8, 4) is 11.5 Å². The first-order valence-corrected chi connectivity index (χ1v) is 10.6. The Morgan fingerprint density at radius 3 is 2.53 bits per heavy atom. The summed E-state index contributed by atoms with van der Waals surface area (Å²) < 4.78 is 13.6. The lowest BCUT2D eigenvalue weighted by molar-refractivity contribution is 0.0852. The zero-order valence-electron chi connectivity index (χ0n) is 17.0. The summed E-state index contributed by atoms with van der Waals surface area (Å²) in [5.74, 6) is 1.81. The second kappa shape index (κ2) is 6.95. The van der Waals surface area contributed by atoms with E-state index in [0.29, 0.717) is 33.4 Å². The first-order chi connectivity index (χ1) is 14.4. The Bertz CT molecular complexity index is 1330. The third-order valence-corrected chi connectivity index (χ3v) is 6.03. The molecule has 4 aromatic rings. The van der Waals surface area contributed by atoms with E-state index in [1.54, 1.807) is 0 Å².